The van der Waals surface area contributed by atoms with Gasteiger partial charge in [0.15, 0.2) is 0 Å². The second-order valence-corrected chi connectivity index (χ2v) is 4.94. The zero-order valence-corrected chi connectivity index (χ0v) is 12.4. The van der Waals surface area contributed by atoms with E-state index in [2.05, 4.69) is 9.88 Å². The van der Waals surface area contributed by atoms with Gasteiger partial charge in [-0.25, -0.2) is 0 Å². The summed E-state index contributed by atoms with van der Waals surface area (Å²) in [4.78, 5) is 19.7. The molecule has 104 valence electrons. The second kappa shape index (κ2) is 7.16. The Hall–Kier alpha value is -1.53. The first kappa shape index (κ1) is 15.5. The first-order valence-corrected chi connectivity index (χ1v) is 6.52. The van der Waals surface area contributed by atoms with Gasteiger partial charge in [-0.05, 0) is 24.2 Å². The molecular formula is C13H20N4OS. The Morgan fingerprint density at radius 1 is 1.47 bits per heavy atom. The number of rotatable bonds is 6. The molecule has 0 unspecified atom stereocenters. The van der Waals surface area contributed by atoms with Gasteiger partial charge in [-0.2, -0.15) is 0 Å². The van der Waals surface area contributed by atoms with Gasteiger partial charge >= 0.3 is 0 Å². The van der Waals surface area contributed by atoms with Crippen LogP contribution in [0.3, 0.4) is 0 Å². The third kappa shape index (κ3) is 4.92. The van der Waals surface area contributed by atoms with Crippen molar-refractivity contribution in [1.82, 2.24) is 14.8 Å². The first-order valence-electron chi connectivity index (χ1n) is 6.11. The summed E-state index contributed by atoms with van der Waals surface area (Å²) in [6.07, 6.45) is 1.69. The molecule has 0 radical (unpaired) electrons. The molecule has 0 aromatic carbocycles. The predicted molar refractivity (Wildman–Crippen MR) is 79.8 cm³/mol. The number of hydrogen-bond acceptors (Lipinski definition) is 4. The van der Waals surface area contributed by atoms with Crippen LogP contribution in [0.15, 0.2) is 18.3 Å². The van der Waals surface area contributed by atoms with Crippen molar-refractivity contribution in [1.29, 1.82) is 0 Å². The monoisotopic (exact) mass is 280 g/mol. The van der Waals surface area contributed by atoms with E-state index in [4.69, 9.17) is 18.0 Å². The van der Waals surface area contributed by atoms with Crippen molar-refractivity contribution < 1.29 is 4.79 Å². The molecular weight excluding hydrogens is 260 g/mol. The van der Waals surface area contributed by atoms with Crippen LogP contribution in [0.4, 0.5) is 0 Å². The Morgan fingerprint density at radius 2 is 2.16 bits per heavy atom. The lowest BCUT2D eigenvalue weighted by atomic mass is 10.2. The third-order valence-electron chi connectivity index (χ3n) is 2.79. The smallest absolute Gasteiger partial charge is 0.236 e. The topological polar surface area (TPSA) is 62.5 Å². The van der Waals surface area contributed by atoms with E-state index in [0.717, 1.165) is 12.1 Å². The molecule has 6 heteroatoms. The average Bonchev–Trinajstić information content (AvgIpc) is 2.37. The van der Waals surface area contributed by atoms with Crippen molar-refractivity contribution in [2.24, 2.45) is 5.73 Å². The molecule has 0 aliphatic rings. The fourth-order valence-corrected chi connectivity index (χ4v) is 1.69. The second-order valence-electron chi connectivity index (χ2n) is 4.51. The molecule has 1 rings (SSSR count). The lowest BCUT2D eigenvalue weighted by Crippen LogP contribution is -2.36. The van der Waals surface area contributed by atoms with Gasteiger partial charge in [-0.1, -0.05) is 19.1 Å². The largest absolute Gasteiger partial charge is 0.388 e. The Morgan fingerprint density at radius 3 is 2.68 bits per heavy atom. The van der Waals surface area contributed by atoms with E-state index >= 15 is 0 Å². The van der Waals surface area contributed by atoms with Gasteiger partial charge in [0, 0.05) is 26.8 Å². The summed E-state index contributed by atoms with van der Waals surface area (Å²) in [5, 5.41) is 0. The van der Waals surface area contributed by atoms with Gasteiger partial charge < -0.3 is 10.6 Å². The standard InChI is InChI=1S/C13H20N4OS/c1-4-17(9-12(18)16(2)3)8-10-5-6-15-11(7-10)13(14)19/h5-7H,4,8-9H2,1-3H3,(H2,14,19). The van der Waals surface area contributed by atoms with Crippen molar-refractivity contribution in [3.8, 4) is 0 Å². The summed E-state index contributed by atoms with van der Waals surface area (Å²) < 4.78 is 0. The molecule has 0 spiro atoms. The van der Waals surface area contributed by atoms with Crippen molar-refractivity contribution in [3.05, 3.63) is 29.6 Å². The molecule has 5 nitrogen and oxygen atoms in total. The first-order chi connectivity index (χ1) is 8.93. The number of nitrogens with zero attached hydrogens (tertiary/aromatic N) is 3. The maximum Gasteiger partial charge on any atom is 0.236 e. The van der Waals surface area contributed by atoms with Crippen LogP contribution in [0.5, 0.6) is 0 Å². The van der Waals surface area contributed by atoms with E-state index < -0.39 is 0 Å². The van der Waals surface area contributed by atoms with Crippen LogP contribution in [-0.2, 0) is 11.3 Å². The minimum absolute atomic E-state index is 0.0884. The summed E-state index contributed by atoms with van der Waals surface area (Å²) in [5.41, 5.74) is 7.22. The molecule has 1 amide bonds. The van der Waals surface area contributed by atoms with Crippen LogP contribution in [-0.4, -0.2) is 52.9 Å². The van der Waals surface area contributed by atoms with Gasteiger partial charge in [-0.3, -0.25) is 14.7 Å². The van der Waals surface area contributed by atoms with Crippen molar-refractivity contribution in [3.63, 3.8) is 0 Å². The van der Waals surface area contributed by atoms with Crippen LogP contribution in [0, 0.1) is 0 Å². The normalized spacial score (nSPS) is 10.5. The van der Waals surface area contributed by atoms with E-state index in [1.165, 1.54) is 0 Å². The highest BCUT2D eigenvalue weighted by atomic mass is 32.1. The number of carbonyl (C=O) groups excluding carboxylic acids is 1. The molecule has 1 aromatic heterocycles. The minimum atomic E-state index is 0.0884. The van der Waals surface area contributed by atoms with Gasteiger partial charge in [0.05, 0.1) is 12.2 Å². The highest BCUT2D eigenvalue weighted by Crippen LogP contribution is 2.06. The number of carbonyl (C=O) groups is 1. The fourth-order valence-electron chi connectivity index (χ4n) is 1.58. The minimum Gasteiger partial charge on any atom is -0.388 e. The van der Waals surface area contributed by atoms with Crippen LogP contribution in [0.2, 0.25) is 0 Å². The van der Waals surface area contributed by atoms with Crippen LogP contribution in [0.25, 0.3) is 0 Å². The molecule has 0 aliphatic carbocycles. The summed E-state index contributed by atoms with van der Waals surface area (Å²) >= 11 is 4.91. The number of amides is 1. The summed E-state index contributed by atoms with van der Waals surface area (Å²) in [6, 6.07) is 3.77. The van der Waals surface area contributed by atoms with E-state index in [-0.39, 0.29) is 10.9 Å². The van der Waals surface area contributed by atoms with E-state index in [0.29, 0.717) is 18.8 Å². The number of aromatic nitrogens is 1. The molecule has 1 aromatic rings. The maximum absolute atomic E-state index is 11.7. The summed E-state index contributed by atoms with van der Waals surface area (Å²) in [7, 11) is 3.52. The molecule has 0 bridgehead atoms. The number of nitrogens with two attached hydrogens (primary N) is 1. The highest BCUT2D eigenvalue weighted by molar-refractivity contribution is 7.80. The quantitative estimate of drug-likeness (QED) is 0.774. The van der Waals surface area contributed by atoms with Gasteiger partial charge in [0.1, 0.15) is 4.99 Å². The van der Waals surface area contributed by atoms with Gasteiger partial charge in [0.2, 0.25) is 5.91 Å². The lowest BCUT2D eigenvalue weighted by molar-refractivity contribution is -0.130. The van der Waals surface area contributed by atoms with E-state index in [1.54, 1.807) is 25.2 Å². The van der Waals surface area contributed by atoms with Gasteiger partial charge in [-0.15, -0.1) is 0 Å². The third-order valence-corrected chi connectivity index (χ3v) is 3.00. The van der Waals surface area contributed by atoms with E-state index in [9.17, 15) is 4.79 Å². The average molecular weight is 280 g/mol. The number of likely N-dealkylation sites (N-methyl/N-ethyl adjacent to an activating group) is 2. The fraction of sp³-hybridized carbons (Fsp3) is 0.462. The molecule has 1 heterocycles. The zero-order valence-electron chi connectivity index (χ0n) is 11.6. The van der Waals surface area contributed by atoms with Crippen molar-refractivity contribution in [2.75, 3.05) is 27.2 Å². The van der Waals surface area contributed by atoms with Crippen LogP contribution >= 0.6 is 12.2 Å². The van der Waals surface area contributed by atoms with Crippen molar-refractivity contribution in [2.45, 2.75) is 13.5 Å². The molecule has 0 aliphatic heterocycles. The Bertz CT molecular complexity index is 462. The lowest BCUT2D eigenvalue weighted by Gasteiger charge is -2.22. The summed E-state index contributed by atoms with van der Waals surface area (Å²) in [5.74, 6) is 0.0884. The Kier molecular flexibility index (Phi) is 5.85. The molecule has 0 saturated carbocycles. The maximum atomic E-state index is 11.7. The number of pyridine rings is 1. The van der Waals surface area contributed by atoms with Gasteiger partial charge in [0.25, 0.3) is 0 Å². The number of thiocarbonyl (C=S) groups is 1. The van der Waals surface area contributed by atoms with Crippen molar-refractivity contribution >= 4 is 23.1 Å². The predicted octanol–water partition coefficient (Wildman–Crippen LogP) is 0.626. The summed E-state index contributed by atoms with van der Waals surface area (Å²) in [6.45, 7) is 3.89. The number of hydrogen-bond donors (Lipinski definition) is 1. The molecule has 19 heavy (non-hydrogen) atoms. The molecule has 2 N–H and O–H groups in total. The molecule has 0 fully saturated rings. The van der Waals surface area contributed by atoms with Crippen LogP contribution < -0.4 is 5.73 Å². The molecule has 0 atom stereocenters. The Balaban J connectivity index is 2.73. The van der Waals surface area contributed by atoms with E-state index in [1.807, 2.05) is 19.1 Å². The Labute approximate surface area is 119 Å². The highest BCUT2D eigenvalue weighted by Gasteiger charge is 2.11. The molecule has 0 saturated heterocycles. The SMILES string of the molecule is CCN(CC(=O)N(C)C)Cc1ccnc(C(N)=S)c1. The van der Waals surface area contributed by atoms with Crippen LogP contribution in [0.1, 0.15) is 18.2 Å². The zero-order chi connectivity index (χ0) is 14.4.